The van der Waals surface area contributed by atoms with E-state index in [0.717, 1.165) is 11.8 Å². The first-order valence-corrected chi connectivity index (χ1v) is 6.53. The van der Waals surface area contributed by atoms with Gasteiger partial charge in [-0.1, -0.05) is 0 Å². The Morgan fingerprint density at radius 2 is 1.53 bits per heavy atom. The summed E-state index contributed by atoms with van der Waals surface area (Å²) in [5, 5.41) is 8.49. The third kappa shape index (κ3) is 1.94. The number of carbonyl (C=O) groups excluding carboxylic acids is 1. The molecule has 4 nitrogen and oxygen atoms in total. The lowest BCUT2D eigenvalue weighted by Gasteiger charge is -2.54. The van der Waals surface area contributed by atoms with Gasteiger partial charge in [-0.05, 0) is 61.7 Å². The van der Waals surface area contributed by atoms with Gasteiger partial charge in [-0.25, -0.2) is 9.59 Å². The van der Waals surface area contributed by atoms with Crippen LogP contribution in [0.1, 0.15) is 32.1 Å². The molecule has 0 atom stereocenters. The maximum absolute atomic E-state index is 11.0. The average Bonchev–Trinajstić information content (AvgIpc) is 2.26. The van der Waals surface area contributed by atoms with Crippen molar-refractivity contribution >= 4 is 11.9 Å². The van der Waals surface area contributed by atoms with Gasteiger partial charge in [0.2, 0.25) is 0 Å². The van der Waals surface area contributed by atoms with Crippen molar-refractivity contribution in [2.24, 2.45) is 29.6 Å². The zero-order valence-corrected chi connectivity index (χ0v) is 9.80. The fourth-order valence-corrected chi connectivity index (χ4v) is 4.54. The van der Waals surface area contributed by atoms with Crippen LogP contribution in [0, 0.1) is 29.6 Å². The molecule has 17 heavy (non-hydrogen) atoms. The first-order valence-electron chi connectivity index (χ1n) is 6.53. The Labute approximate surface area is 100 Å². The van der Waals surface area contributed by atoms with Crippen LogP contribution in [0.3, 0.4) is 0 Å². The first kappa shape index (κ1) is 11.1. The SMILES string of the molecule is O=C(O)C(=O)OCC1C2CC3CC(C2)CC1C3. The molecule has 4 aliphatic carbocycles. The van der Waals surface area contributed by atoms with Gasteiger partial charge in [-0.3, -0.25) is 0 Å². The van der Waals surface area contributed by atoms with Gasteiger partial charge >= 0.3 is 11.9 Å². The number of rotatable bonds is 2. The highest BCUT2D eigenvalue weighted by Gasteiger charge is 2.48. The third-order valence-corrected chi connectivity index (χ3v) is 5.00. The maximum atomic E-state index is 11.0. The summed E-state index contributed by atoms with van der Waals surface area (Å²) >= 11 is 0. The fourth-order valence-electron chi connectivity index (χ4n) is 4.54. The smallest absolute Gasteiger partial charge is 0.417 e. The summed E-state index contributed by atoms with van der Waals surface area (Å²) < 4.78 is 4.89. The minimum atomic E-state index is -1.48. The molecule has 0 spiro atoms. The van der Waals surface area contributed by atoms with Gasteiger partial charge in [0, 0.05) is 0 Å². The van der Waals surface area contributed by atoms with Crippen molar-refractivity contribution in [3.8, 4) is 0 Å². The molecule has 1 N–H and O–H groups in total. The molecule has 94 valence electrons. The number of carboxylic acid groups (broad SMARTS) is 1. The van der Waals surface area contributed by atoms with E-state index in [1.165, 1.54) is 32.1 Å². The third-order valence-electron chi connectivity index (χ3n) is 5.00. The molecule has 4 fully saturated rings. The molecule has 0 aromatic rings. The Kier molecular flexibility index (Phi) is 2.60. The predicted molar refractivity (Wildman–Crippen MR) is 59.1 cm³/mol. The van der Waals surface area contributed by atoms with E-state index in [0.29, 0.717) is 24.4 Å². The molecule has 0 saturated heterocycles. The van der Waals surface area contributed by atoms with Crippen LogP contribution in [-0.4, -0.2) is 23.7 Å². The van der Waals surface area contributed by atoms with Gasteiger partial charge in [0.1, 0.15) is 0 Å². The second-order valence-corrected chi connectivity index (χ2v) is 6.00. The summed E-state index contributed by atoms with van der Waals surface area (Å²) in [4.78, 5) is 21.4. The molecule has 0 radical (unpaired) electrons. The number of ether oxygens (including phenoxy) is 1. The van der Waals surface area contributed by atoms with Crippen molar-refractivity contribution < 1.29 is 19.4 Å². The zero-order chi connectivity index (χ0) is 12.0. The molecule has 0 unspecified atom stereocenters. The molecular formula is C13H18O4. The van der Waals surface area contributed by atoms with Gasteiger partial charge in [0.05, 0.1) is 6.61 Å². The largest absolute Gasteiger partial charge is 0.473 e. The highest BCUT2D eigenvalue weighted by Crippen LogP contribution is 2.56. The number of carbonyl (C=O) groups is 2. The van der Waals surface area contributed by atoms with Crippen molar-refractivity contribution in [2.75, 3.05) is 6.61 Å². The van der Waals surface area contributed by atoms with E-state index >= 15 is 0 Å². The van der Waals surface area contributed by atoms with Crippen LogP contribution in [0.5, 0.6) is 0 Å². The van der Waals surface area contributed by atoms with E-state index in [9.17, 15) is 9.59 Å². The molecule has 0 aliphatic heterocycles. The molecule has 4 rings (SSSR count). The van der Waals surface area contributed by atoms with Crippen LogP contribution in [-0.2, 0) is 14.3 Å². The number of hydrogen-bond donors (Lipinski definition) is 1. The van der Waals surface area contributed by atoms with E-state index in [1.54, 1.807) is 0 Å². The second kappa shape index (κ2) is 4.00. The lowest BCUT2D eigenvalue weighted by Crippen LogP contribution is -2.47. The van der Waals surface area contributed by atoms with Crippen LogP contribution in [0.15, 0.2) is 0 Å². The summed E-state index contributed by atoms with van der Waals surface area (Å²) in [6.45, 7) is 0.319. The predicted octanol–water partition coefficient (Wildman–Crippen LogP) is 1.69. The lowest BCUT2D eigenvalue weighted by atomic mass is 9.52. The molecular weight excluding hydrogens is 220 g/mol. The van der Waals surface area contributed by atoms with Gasteiger partial charge < -0.3 is 9.84 Å². The molecule has 4 saturated carbocycles. The highest BCUT2D eigenvalue weighted by atomic mass is 16.6. The van der Waals surface area contributed by atoms with Crippen molar-refractivity contribution in [2.45, 2.75) is 32.1 Å². The van der Waals surface area contributed by atoms with Crippen LogP contribution >= 0.6 is 0 Å². The topological polar surface area (TPSA) is 63.6 Å². The summed E-state index contributed by atoms with van der Waals surface area (Å²) in [5.41, 5.74) is 0. The number of carboxylic acids is 1. The normalized spacial score (nSPS) is 42.5. The lowest BCUT2D eigenvalue weighted by molar-refractivity contribution is -0.167. The van der Waals surface area contributed by atoms with Crippen LogP contribution in [0.25, 0.3) is 0 Å². The van der Waals surface area contributed by atoms with E-state index < -0.39 is 11.9 Å². The average molecular weight is 238 g/mol. The molecule has 4 aliphatic rings. The first-order chi connectivity index (χ1) is 8.13. The summed E-state index contributed by atoms with van der Waals surface area (Å²) in [6, 6.07) is 0. The molecule has 4 bridgehead atoms. The maximum Gasteiger partial charge on any atom is 0.417 e. The van der Waals surface area contributed by atoms with Gasteiger partial charge in [-0.15, -0.1) is 0 Å². The van der Waals surface area contributed by atoms with E-state index in [2.05, 4.69) is 0 Å². The number of aliphatic carboxylic acids is 1. The monoisotopic (exact) mass is 238 g/mol. The number of hydrogen-bond acceptors (Lipinski definition) is 3. The Hall–Kier alpha value is -1.06. The van der Waals surface area contributed by atoms with Crippen LogP contribution in [0.2, 0.25) is 0 Å². The Balaban J connectivity index is 1.61. The summed E-state index contributed by atoms with van der Waals surface area (Å²) in [7, 11) is 0. The van der Waals surface area contributed by atoms with Crippen molar-refractivity contribution in [1.29, 1.82) is 0 Å². The second-order valence-electron chi connectivity index (χ2n) is 6.00. The van der Waals surface area contributed by atoms with Gasteiger partial charge in [-0.2, -0.15) is 0 Å². The summed E-state index contributed by atoms with van der Waals surface area (Å²) in [6.07, 6.45) is 6.46. The number of esters is 1. The quantitative estimate of drug-likeness (QED) is 0.587. The Morgan fingerprint density at radius 1 is 1.00 bits per heavy atom. The standard InChI is InChI=1S/C13H18O4/c14-12(15)13(16)17-6-11-9-2-7-1-8(4-9)5-10(11)3-7/h7-11H,1-6H2,(H,14,15). The van der Waals surface area contributed by atoms with Crippen molar-refractivity contribution in [3.63, 3.8) is 0 Å². The minimum absolute atomic E-state index is 0.319. The molecule has 4 heteroatoms. The zero-order valence-electron chi connectivity index (χ0n) is 9.80. The van der Waals surface area contributed by atoms with E-state index in [1.807, 2.05) is 0 Å². The molecule has 0 amide bonds. The van der Waals surface area contributed by atoms with E-state index in [-0.39, 0.29) is 0 Å². The van der Waals surface area contributed by atoms with E-state index in [4.69, 9.17) is 9.84 Å². The minimum Gasteiger partial charge on any atom is -0.473 e. The molecule has 0 aromatic heterocycles. The summed E-state index contributed by atoms with van der Waals surface area (Å²) in [5.74, 6) is 0.979. The Bertz CT molecular complexity index is 321. The molecule has 0 heterocycles. The van der Waals surface area contributed by atoms with Gasteiger partial charge in [0.15, 0.2) is 0 Å². The molecule has 0 aromatic carbocycles. The fraction of sp³-hybridized carbons (Fsp3) is 0.846. The Morgan fingerprint density at radius 3 is 2.00 bits per heavy atom. The van der Waals surface area contributed by atoms with Crippen LogP contribution in [0.4, 0.5) is 0 Å². The van der Waals surface area contributed by atoms with Crippen molar-refractivity contribution in [1.82, 2.24) is 0 Å². The highest BCUT2D eigenvalue weighted by molar-refractivity contribution is 6.28. The van der Waals surface area contributed by atoms with Gasteiger partial charge in [0.25, 0.3) is 0 Å². The van der Waals surface area contributed by atoms with Crippen molar-refractivity contribution in [3.05, 3.63) is 0 Å². The van der Waals surface area contributed by atoms with Crippen LogP contribution < -0.4 is 0 Å².